The van der Waals surface area contributed by atoms with Crippen LogP contribution in [0.3, 0.4) is 0 Å². The fourth-order valence-electron chi connectivity index (χ4n) is 2.01. The number of aldehydes is 1. The fourth-order valence-corrected chi connectivity index (χ4v) is 2.01. The lowest BCUT2D eigenvalue weighted by molar-refractivity contribution is 0.111. The summed E-state index contributed by atoms with van der Waals surface area (Å²) in [6.45, 7) is 4.66. The summed E-state index contributed by atoms with van der Waals surface area (Å²) in [7, 11) is 0. The van der Waals surface area contributed by atoms with Crippen molar-refractivity contribution in [3.8, 4) is 11.5 Å². The lowest BCUT2D eigenvalue weighted by Gasteiger charge is -2.17. The molecule has 2 aromatic carbocycles. The van der Waals surface area contributed by atoms with Crippen molar-refractivity contribution < 1.29 is 14.3 Å². The second-order valence-corrected chi connectivity index (χ2v) is 4.84. The van der Waals surface area contributed by atoms with Crippen LogP contribution in [0, 0.1) is 0 Å². The van der Waals surface area contributed by atoms with Crippen LogP contribution in [0.25, 0.3) is 0 Å². The van der Waals surface area contributed by atoms with Gasteiger partial charge in [0.25, 0.3) is 0 Å². The van der Waals surface area contributed by atoms with Crippen LogP contribution in [0.2, 0.25) is 0 Å². The number of carbonyl (C=O) groups is 1. The summed E-state index contributed by atoms with van der Waals surface area (Å²) in [6.07, 6.45) is 1.61. The van der Waals surface area contributed by atoms with Gasteiger partial charge in [-0.05, 0) is 31.0 Å². The Kier molecular flexibility index (Phi) is 5.38. The van der Waals surface area contributed by atoms with E-state index in [2.05, 4.69) is 6.92 Å². The Labute approximate surface area is 125 Å². The van der Waals surface area contributed by atoms with E-state index in [4.69, 9.17) is 9.47 Å². The Morgan fingerprint density at radius 3 is 2.57 bits per heavy atom. The van der Waals surface area contributed by atoms with Crippen molar-refractivity contribution in [2.75, 3.05) is 6.61 Å². The van der Waals surface area contributed by atoms with Crippen molar-refractivity contribution in [1.29, 1.82) is 0 Å². The minimum atomic E-state index is -0.133. The molecule has 0 aromatic heterocycles. The minimum Gasteiger partial charge on any atom is -0.493 e. The molecule has 0 spiro atoms. The van der Waals surface area contributed by atoms with Gasteiger partial charge in [-0.1, -0.05) is 37.3 Å². The molecule has 0 radical (unpaired) electrons. The SMILES string of the molecule is CCCOc1ccc(C=O)c(OC(C)c2ccccc2)c1. The van der Waals surface area contributed by atoms with Crippen molar-refractivity contribution >= 4 is 6.29 Å². The van der Waals surface area contributed by atoms with Crippen LogP contribution >= 0.6 is 0 Å². The van der Waals surface area contributed by atoms with E-state index in [9.17, 15) is 4.79 Å². The van der Waals surface area contributed by atoms with E-state index >= 15 is 0 Å². The maximum atomic E-state index is 11.1. The van der Waals surface area contributed by atoms with E-state index in [1.807, 2.05) is 37.3 Å². The molecule has 1 atom stereocenters. The topological polar surface area (TPSA) is 35.5 Å². The van der Waals surface area contributed by atoms with Crippen LogP contribution in [0.5, 0.6) is 11.5 Å². The molecule has 0 bridgehead atoms. The van der Waals surface area contributed by atoms with Crippen LogP contribution in [-0.4, -0.2) is 12.9 Å². The first-order valence-corrected chi connectivity index (χ1v) is 7.18. The van der Waals surface area contributed by atoms with Crippen molar-refractivity contribution in [2.45, 2.75) is 26.4 Å². The number of benzene rings is 2. The van der Waals surface area contributed by atoms with Crippen molar-refractivity contribution in [3.63, 3.8) is 0 Å². The third kappa shape index (κ3) is 4.09. The van der Waals surface area contributed by atoms with E-state index in [0.29, 0.717) is 17.9 Å². The third-order valence-corrected chi connectivity index (χ3v) is 3.16. The summed E-state index contributed by atoms with van der Waals surface area (Å²) in [5, 5.41) is 0. The Morgan fingerprint density at radius 2 is 1.90 bits per heavy atom. The Bertz CT molecular complexity index is 578. The summed E-state index contributed by atoms with van der Waals surface area (Å²) in [5.74, 6) is 1.27. The minimum absolute atomic E-state index is 0.133. The molecule has 0 saturated carbocycles. The van der Waals surface area contributed by atoms with E-state index < -0.39 is 0 Å². The first-order chi connectivity index (χ1) is 10.2. The molecule has 0 aliphatic carbocycles. The predicted octanol–water partition coefficient (Wildman–Crippen LogP) is 4.43. The smallest absolute Gasteiger partial charge is 0.153 e. The molecule has 1 unspecified atom stereocenters. The highest BCUT2D eigenvalue weighted by molar-refractivity contribution is 5.79. The van der Waals surface area contributed by atoms with Gasteiger partial charge < -0.3 is 9.47 Å². The average Bonchev–Trinajstić information content (AvgIpc) is 2.54. The van der Waals surface area contributed by atoms with Crippen LogP contribution in [0.1, 0.15) is 42.3 Å². The molecule has 0 N–H and O–H groups in total. The van der Waals surface area contributed by atoms with Gasteiger partial charge in [-0.3, -0.25) is 4.79 Å². The summed E-state index contributed by atoms with van der Waals surface area (Å²) in [5.41, 5.74) is 1.59. The molecule has 0 heterocycles. The second-order valence-electron chi connectivity index (χ2n) is 4.84. The lowest BCUT2D eigenvalue weighted by atomic mass is 10.1. The van der Waals surface area contributed by atoms with E-state index in [1.54, 1.807) is 18.2 Å². The third-order valence-electron chi connectivity index (χ3n) is 3.16. The first kappa shape index (κ1) is 15.1. The van der Waals surface area contributed by atoms with Crippen LogP contribution < -0.4 is 9.47 Å². The maximum Gasteiger partial charge on any atom is 0.153 e. The molecule has 0 aliphatic heterocycles. The average molecular weight is 284 g/mol. The molecular formula is C18H20O3. The molecule has 0 fully saturated rings. The number of carbonyl (C=O) groups excluding carboxylic acids is 1. The summed E-state index contributed by atoms with van der Waals surface area (Å²) in [4.78, 5) is 11.1. The fraction of sp³-hybridized carbons (Fsp3) is 0.278. The standard InChI is InChI=1S/C18H20O3/c1-3-11-20-17-10-9-16(13-19)18(12-17)21-14(2)15-7-5-4-6-8-15/h4-10,12-14H,3,11H2,1-2H3. The van der Waals surface area contributed by atoms with Gasteiger partial charge in [0.05, 0.1) is 12.2 Å². The van der Waals surface area contributed by atoms with Gasteiger partial charge in [0.15, 0.2) is 6.29 Å². The largest absolute Gasteiger partial charge is 0.493 e. The van der Waals surface area contributed by atoms with E-state index in [0.717, 1.165) is 24.0 Å². The first-order valence-electron chi connectivity index (χ1n) is 7.18. The molecule has 0 saturated heterocycles. The van der Waals surface area contributed by atoms with Gasteiger partial charge in [-0.2, -0.15) is 0 Å². The van der Waals surface area contributed by atoms with Gasteiger partial charge in [0.2, 0.25) is 0 Å². The van der Waals surface area contributed by atoms with Gasteiger partial charge in [-0.15, -0.1) is 0 Å². The number of hydrogen-bond acceptors (Lipinski definition) is 3. The summed E-state index contributed by atoms with van der Waals surface area (Å²) in [6, 6.07) is 15.2. The zero-order valence-corrected chi connectivity index (χ0v) is 12.4. The Hall–Kier alpha value is -2.29. The normalized spacial score (nSPS) is 11.7. The molecule has 0 amide bonds. The van der Waals surface area contributed by atoms with Crippen molar-refractivity contribution in [3.05, 3.63) is 59.7 Å². The van der Waals surface area contributed by atoms with Crippen molar-refractivity contribution in [2.24, 2.45) is 0 Å². The van der Waals surface area contributed by atoms with Crippen molar-refractivity contribution in [1.82, 2.24) is 0 Å². The summed E-state index contributed by atoms with van der Waals surface area (Å²) < 4.78 is 11.5. The summed E-state index contributed by atoms with van der Waals surface area (Å²) >= 11 is 0. The Balaban J connectivity index is 2.18. The number of hydrogen-bond donors (Lipinski definition) is 0. The van der Waals surface area contributed by atoms with E-state index in [1.165, 1.54) is 0 Å². The van der Waals surface area contributed by atoms with Gasteiger partial charge in [0.1, 0.15) is 17.6 Å². The van der Waals surface area contributed by atoms with Gasteiger partial charge in [-0.25, -0.2) is 0 Å². The van der Waals surface area contributed by atoms with Crippen LogP contribution in [-0.2, 0) is 0 Å². The molecule has 0 aliphatic rings. The van der Waals surface area contributed by atoms with E-state index in [-0.39, 0.29) is 6.10 Å². The second kappa shape index (κ2) is 7.48. The highest BCUT2D eigenvalue weighted by Crippen LogP contribution is 2.28. The molecular weight excluding hydrogens is 264 g/mol. The van der Waals surface area contributed by atoms with Crippen LogP contribution in [0.15, 0.2) is 48.5 Å². The molecule has 110 valence electrons. The Morgan fingerprint density at radius 1 is 1.14 bits per heavy atom. The van der Waals surface area contributed by atoms with Crippen LogP contribution in [0.4, 0.5) is 0 Å². The molecule has 3 heteroatoms. The monoisotopic (exact) mass is 284 g/mol. The molecule has 3 nitrogen and oxygen atoms in total. The number of ether oxygens (including phenoxy) is 2. The highest BCUT2D eigenvalue weighted by Gasteiger charge is 2.11. The zero-order chi connectivity index (χ0) is 15.1. The molecule has 2 aromatic rings. The van der Waals surface area contributed by atoms with Gasteiger partial charge in [0, 0.05) is 6.07 Å². The molecule has 21 heavy (non-hydrogen) atoms. The van der Waals surface area contributed by atoms with Gasteiger partial charge >= 0.3 is 0 Å². The predicted molar refractivity (Wildman–Crippen MR) is 83.1 cm³/mol. The number of rotatable bonds is 7. The quantitative estimate of drug-likeness (QED) is 0.706. The lowest BCUT2D eigenvalue weighted by Crippen LogP contribution is -2.05. The zero-order valence-electron chi connectivity index (χ0n) is 12.4. The highest BCUT2D eigenvalue weighted by atomic mass is 16.5. The maximum absolute atomic E-state index is 11.1. The molecule has 2 rings (SSSR count).